The summed E-state index contributed by atoms with van der Waals surface area (Å²) in [4.78, 5) is 33.8. The maximum Gasteiger partial charge on any atom is 0.303 e. The van der Waals surface area contributed by atoms with Crippen molar-refractivity contribution in [2.75, 3.05) is 6.54 Å². The minimum absolute atomic E-state index is 0.00432. The number of aliphatic carboxylic acids is 1. The van der Waals surface area contributed by atoms with Crippen molar-refractivity contribution in [1.82, 2.24) is 10.6 Å². The van der Waals surface area contributed by atoms with Crippen molar-refractivity contribution in [3.8, 4) is 0 Å². The minimum atomic E-state index is -0.893. The van der Waals surface area contributed by atoms with Crippen LogP contribution in [0, 0.1) is 6.92 Å². The first-order valence-corrected chi connectivity index (χ1v) is 7.70. The molecule has 0 aliphatic carbocycles. The van der Waals surface area contributed by atoms with Crippen molar-refractivity contribution >= 4 is 17.8 Å². The fourth-order valence-electron chi connectivity index (χ4n) is 2.02. The summed E-state index contributed by atoms with van der Waals surface area (Å²) in [6, 6.07) is 7.74. The molecule has 0 spiro atoms. The van der Waals surface area contributed by atoms with Crippen LogP contribution in [0.15, 0.2) is 24.3 Å². The van der Waals surface area contributed by atoms with Crippen LogP contribution in [0.5, 0.6) is 0 Å². The molecule has 0 heterocycles. The van der Waals surface area contributed by atoms with E-state index in [0.29, 0.717) is 19.3 Å². The Hall–Kier alpha value is -2.37. The summed E-state index contributed by atoms with van der Waals surface area (Å²) < 4.78 is 0. The van der Waals surface area contributed by atoms with Gasteiger partial charge in [0.15, 0.2) is 0 Å². The molecule has 1 unspecified atom stereocenters. The van der Waals surface area contributed by atoms with Crippen LogP contribution < -0.4 is 10.6 Å². The Morgan fingerprint density at radius 3 is 2.35 bits per heavy atom. The monoisotopic (exact) mass is 320 g/mol. The molecule has 1 aromatic carbocycles. The van der Waals surface area contributed by atoms with Gasteiger partial charge in [0.2, 0.25) is 11.8 Å². The van der Waals surface area contributed by atoms with Crippen molar-refractivity contribution in [1.29, 1.82) is 0 Å². The number of carbonyl (C=O) groups is 3. The maximum absolute atomic E-state index is 11.7. The Morgan fingerprint density at radius 2 is 1.74 bits per heavy atom. The summed E-state index contributed by atoms with van der Waals surface area (Å²) in [6.07, 6.45) is 1.32. The lowest BCUT2D eigenvalue weighted by Crippen LogP contribution is -2.41. The zero-order valence-electron chi connectivity index (χ0n) is 13.6. The van der Waals surface area contributed by atoms with Crippen LogP contribution in [-0.2, 0) is 20.8 Å². The van der Waals surface area contributed by atoms with Crippen molar-refractivity contribution in [2.45, 2.75) is 45.6 Å². The van der Waals surface area contributed by atoms with Gasteiger partial charge in [-0.2, -0.15) is 0 Å². The smallest absolute Gasteiger partial charge is 0.303 e. The van der Waals surface area contributed by atoms with Crippen LogP contribution in [0.3, 0.4) is 0 Å². The number of carboxylic acids is 1. The number of rotatable bonds is 9. The molecular formula is C17H24N2O4. The fraction of sp³-hybridized carbons (Fsp3) is 0.471. The first kappa shape index (κ1) is 18.7. The summed E-state index contributed by atoms with van der Waals surface area (Å²) in [5, 5.41) is 13.8. The van der Waals surface area contributed by atoms with E-state index in [1.54, 1.807) is 6.92 Å². The van der Waals surface area contributed by atoms with Gasteiger partial charge in [-0.3, -0.25) is 14.4 Å². The van der Waals surface area contributed by atoms with Crippen molar-refractivity contribution in [3.05, 3.63) is 35.4 Å². The lowest BCUT2D eigenvalue weighted by molar-refractivity contribution is -0.137. The predicted octanol–water partition coefficient (Wildman–Crippen LogP) is 1.41. The summed E-state index contributed by atoms with van der Waals surface area (Å²) in [5.41, 5.74) is 2.25. The van der Waals surface area contributed by atoms with Gasteiger partial charge in [0.05, 0.1) is 6.54 Å². The molecule has 1 atom stereocenters. The highest BCUT2D eigenvalue weighted by Gasteiger charge is 2.10. The molecule has 0 aliphatic heterocycles. The van der Waals surface area contributed by atoms with Gasteiger partial charge in [0, 0.05) is 18.9 Å². The van der Waals surface area contributed by atoms with Crippen LogP contribution >= 0.6 is 0 Å². The molecule has 0 saturated carbocycles. The fourth-order valence-corrected chi connectivity index (χ4v) is 2.02. The Morgan fingerprint density at radius 1 is 1.09 bits per heavy atom. The predicted molar refractivity (Wildman–Crippen MR) is 87.0 cm³/mol. The third kappa shape index (κ3) is 8.60. The van der Waals surface area contributed by atoms with E-state index in [9.17, 15) is 14.4 Å². The first-order valence-electron chi connectivity index (χ1n) is 7.70. The Bertz CT molecular complexity index is 540. The second kappa shape index (κ2) is 9.61. The number of nitrogens with one attached hydrogen (secondary N) is 2. The average molecular weight is 320 g/mol. The molecule has 6 nitrogen and oxygen atoms in total. The van der Waals surface area contributed by atoms with Crippen molar-refractivity contribution < 1.29 is 19.5 Å². The highest BCUT2D eigenvalue weighted by atomic mass is 16.4. The van der Waals surface area contributed by atoms with E-state index in [1.807, 2.05) is 31.2 Å². The Labute approximate surface area is 136 Å². The van der Waals surface area contributed by atoms with E-state index in [4.69, 9.17) is 5.11 Å². The highest BCUT2D eigenvalue weighted by Crippen LogP contribution is 2.05. The third-order valence-corrected chi connectivity index (χ3v) is 3.41. The van der Waals surface area contributed by atoms with E-state index < -0.39 is 5.97 Å². The number of benzene rings is 1. The van der Waals surface area contributed by atoms with Crippen LogP contribution in [0.2, 0.25) is 0 Å². The van der Waals surface area contributed by atoms with Gasteiger partial charge in [-0.05, 0) is 32.3 Å². The largest absolute Gasteiger partial charge is 0.481 e. The lowest BCUT2D eigenvalue weighted by atomic mass is 10.1. The van der Waals surface area contributed by atoms with E-state index in [-0.39, 0.29) is 30.8 Å². The molecule has 0 saturated heterocycles. The van der Waals surface area contributed by atoms with E-state index in [0.717, 1.165) is 5.56 Å². The minimum Gasteiger partial charge on any atom is -0.481 e. The molecule has 0 aliphatic rings. The van der Waals surface area contributed by atoms with Crippen molar-refractivity contribution in [2.24, 2.45) is 0 Å². The molecule has 0 bridgehead atoms. The summed E-state index contributed by atoms with van der Waals surface area (Å²) >= 11 is 0. The van der Waals surface area contributed by atoms with Gasteiger partial charge in [-0.1, -0.05) is 29.8 Å². The van der Waals surface area contributed by atoms with E-state index >= 15 is 0 Å². The molecule has 1 rings (SSSR count). The molecule has 1 aromatic rings. The van der Waals surface area contributed by atoms with Crippen molar-refractivity contribution in [3.63, 3.8) is 0 Å². The molecular weight excluding hydrogens is 296 g/mol. The molecule has 126 valence electrons. The van der Waals surface area contributed by atoms with Crippen LogP contribution in [0.1, 0.15) is 37.3 Å². The molecule has 3 N–H and O–H groups in total. The number of amides is 2. The van der Waals surface area contributed by atoms with Gasteiger partial charge >= 0.3 is 5.97 Å². The zero-order chi connectivity index (χ0) is 17.2. The number of aryl methyl sites for hydroxylation is 2. The van der Waals surface area contributed by atoms with Crippen LogP contribution in [0.4, 0.5) is 0 Å². The molecule has 0 fully saturated rings. The number of carbonyl (C=O) groups excluding carboxylic acids is 2. The summed E-state index contributed by atoms with van der Waals surface area (Å²) in [6.45, 7) is 3.65. The second-order valence-corrected chi connectivity index (χ2v) is 5.66. The number of hydrogen-bond acceptors (Lipinski definition) is 3. The molecule has 23 heavy (non-hydrogen) atoms. The number of carboxylic acid groups (broad SMARTS) is 1. The van der Waals surface area contributed by atoms with E-state index in [1.165, 1.54) is 5.56 Å². The van der Waals surface area contributed by atoms with Gasteiger partial charge in [-0.25, -0.2) is 0 Å². The molecule has 6 heteroatoms. The van der Waals surface area contributed by atoms with Crippen LogP contribution in [-0.4, -0.2) is 35.5 Å². The average Bonchev–Trinajstić information content (AvgIpc) is 2.50. The SMILES string of the molecule is Cc1ccc(CCC(=O)NCC(=O)NC(C)CCC(=O)O)cc1. The topological polar surface area (TPSA) is 95.5 Å². The van der Waals surface area contributed by atoms with Gasteiger partial charge in [0.25, 0.3) is 0 Å². The first-order chi connectivity index (χ1) is 10.9. The van der Waals surface area contributed by atoms with E-state index in [2.05, 4.69) is 10.6 Å². The van der Waals surface area contributed by atoms with Gasteiger partial charge < -0.3 is 15.7 Å². The molecule has 0 radical (unpaired) electrons. The van der Waals surface area contributed by atoms with Crippen LogP contribution in [0.25, 0.3) is 0 Å². The molecule has 0 aromatic heterocycles. The highest BCUT2D eigenvalue weighted by molar-refractivity contribution is 5.84. The third-order valence-electron chi connectivity index (χ3n) is 3.41. The molecule has 2 amide bonds. The Kier molecular flexibility index (Phi) is 7.80. The lowest BCUT2D eigenvalue weighted by Gasteiger charge is -2.13. The summed E-state index contributed by atoms with van der Waals surface area (Å²) in [5.74, 6) is -1.39. The summed E-state index contributed by atoms with van der Waals surface area (Å²) in [7, 11) is 0. The maximum atomic E-state index is 11.7. The quantitative estimate of drug-likeness (QED) is 0.641. The zero-order valence-corrected chi connectivity index (χ0v) is 13.6. The Balaban J connectivity index is 2.20. The second-order valence-electron chi connectivity index (χ2n) is 5.66. The standard InChI is InChI=1S/C17H24N2O4/c1-12-3-6-14(7-4-12)8-9-15(20)18-11-16(21)19-13(2)5-10-17(22)23/h3-4,6-7,13H,5,8-11H2,1-2H3,(H,18,20)(H,19,21)(H,22,23). The van der Waals surface area contributed by atoms with Gasteiger partial charge in [0.1, 0.15) is 0 Å². The van der Waals surface area contributed by atoms with Gasteiger partial charge in [-0.15, -0.1) is 0 Å². The normalized spacial score (nSPS) is 11.6. The number of hydrogen-bond donors (Lipinski definition) is 3.